The first-order valence-electron chi connectivity index (χ1n) is 5.23. The van der Waals surface area contributed by atoms with Gasteiger partial charge in [-0.2, -0.15) is 0 Å². The molecule has 18 heavy (non-hydrogen) atoms. The molecule has 0 radical (unpaired) electrons. The van der Waals surface area contributed by atoms with Gasteiger partial charge in [0.2, 0.25) is 10.0 Å². The average molecular weight is 337 g/mol. The lowest BCUT2D eigenvalue weighted by Crippen LogP contribution is -2.47. The number of sulfonamides is 1. The molecule has 8 heteroatoms. The van der Waals surface area contributed by atoms with E-state index in [4.69, 9.17) is 5.73 Å². The lowest BCUT2D eigenvalue weighted by atomic mass is 10.1. The van der Waals surface area contributed by atoms with Crippen molar-refractivity contribution in [1.29, 1.82) is 0 Å². The molecule has 1 aromatic rings. The maximum atomic E-state index is 11.2. The van der Waals surface area contributed by atoms with Crippen molar-refractivity contribution in [3.8, 4) is 0 Å². The first-order chi connectivity index (χ1) is 8.09. The van der Waals surface area contributed by atoms with Crippen LogP contribution in [0.15, 0.2) is 16.7 Å². The smallest absolute Gasteiger partial charge is 0.209 e. The van der Waals surface area contributed by atoms with Crippen LogP contribution in [0.2, 0.25) is 0 Å². The predicted octanol–water partition coefficient (Wildman–Crippen LogP) is 1.17. The molecule has 0 fully saturated rings. The molecular formula is C10H17BrN4O2S. The third kappa shape index (κ3) is 5.19. The zero-order chi connectivity index (χ0) is 14.0. The quantitative estimate of drug-likeness (QED) is 0.749. The van der Waals surface area contributed by atoms with E-state index >= 15 is 0 Å². The summed E-state index contributed by atoms with van der Waals surface area (Å²) >= 11 is 3.26. The lowest BCUT2D eigenvalue weighted by Gasteiger charge is -2.25. The van der Waals surface area contributed by atoms with E-state index < -0.39 is 15.6 Å². The largest absolute Gasteiger partial charge is 0.396 e. The average Bonchev–Trinajstić information content (AvgIpc) is 2.12. The van der Waals surface area contributed by atoms with Crippen LogP contribution in [0.4, 0.5) is 11.5 Å². The van der Waals surface area contributed by atoms with Crippen LogP contribution in [0.5, 0.6) is 0 Å². The second-order valence-corrected chi connectivity index (χ2v) is 7.37. The number of halogens is 1. The molecule has 6 nitrogen and oxygen atoms in total. The molecular weight excluding hydrogens is 320 g/mol. The van der Waals surface area contributed by atoms with Gasteiger partial charge in [-0.1, -0.05) is 0 Å². The molecule has 4 N–H and O–H groups in total. The van der Waals surface area contributed by atoms with Gasteiger partial charge < -0.3 is 11.1 Å². The van der Waals surface area contributed by atoms with Crippen molar-refractivity contribution in [3.05, 3.63) is 16.7 Å². The van der Waals surface area contributed by atoms with E-state index in [0.717, 1.165) is 10.7 Å². The number of hydrogen-bond acceptors (Lipinski definition) is 5. The molecule has 1 rings (SSSR count). The number of nitrogens with one attached hydrogen (secondary N) is 2. The molecule has 1 heterocycles. The summed E-state index contributed by atoms with van der Waals surface area (Å²) in [5.41, 5.74) is 5.65. The Morgan fingerprint density at radius 2 is 2.11 bits per heavy atom. The summed E-state index contributed by atoms with van der Waals surface area (Å²) in [6, 6.07) is 1.73. The molecule has 0 amide bonds. The minimum absolute atomic E-state index is 0.374. The minimum atomic E-state index is -3.25. The van der Waals surface area contributed by atoms with Crippen LogP contribution >= 0.6 is 15.9 Å². The monoisotopic (exact) mass is 336 g/mol. The van der Waals surface area contributed by atoms with Crippen molar-refractivity contribution in [3.63, 3.8) is 0 Å². The Morgan fingerprint density at radius 1 is 1.50 bits per heavy atom. The Morgan fingerprint density at radius 3 is 2.61 bits per heavy atom. The van der Waals surface area contributed by atoms with E-state index in [1.165, 1.54) is 0 Å². The van der Waals surface area contributed by atoms with Gasteiger partial charge in [-0.05, 0) is 35.8 Å². The topological polar surface area (TPSA) is 97.1 Å². The third-order valence-corrected chi connectivity index (χ3v) is 3.40. The highest BCUT2D eigenvalue weighted by Gasteiger charge is 2.22. The Labute approximate surface area is 116 Å². The summed E-state index contributed by atoms with van der Waals surface area (Å²) in [5.74, 6) is 0.529. The van der Waals surface area contributed by atoms with Gasteiger partial charge in [-0.3, -0.25) is 0 Å². The molecule has 0 saturated heterocycles. The molecule has 0 aliphatic carbocycles. The number of nitrogens with two attached hydrogens (primary N) is 1. The van der Waals surface area contributed by atoms with Crippen LogP contribution < -0.4 is 15.8 Å². The van der Waals surface area contributed by atoms with E-state index in [0.29, 0.717) is 18.1 Å². The summed E-state index contributed by atoms with van der Waals surface area (Å²) in [7, 11) is -3.25. The lowest BCUT2D eigenvalue weighted by molar-refractivity contribution is 0.476. The molecule has 0 atom stereocenters. The van der Waals surface area contributed by atoms with E-state index in [1.807, 2.05) is 0 Å². The summed E-state index contributed by atoms with van der Waals surface area (Å²) in [5, 5.41) is 3.02. The highest BCUT2D eigenvalue weighted by Crippen LogP contribution is 2.20. The first kappa shape index (κ1) is 15.2. The van der Waals surface area contributed by atoms with Gasteiger partial charge in [-0.15, -0.1) is 0 Å². The van der Waals surface area contributed by atoms with E-state index in [1.54, 1.807) is 26.1 Å². The summed E-state index contributed by atoms with van der Waals surface area (Å²) < 4.78 is 25.7. The second-order valence-electron chi connectivity index (χ2n) is 4.70. The number of pyridine rings is 1. The van der Waals surface area contributed by atoms with Gasteiger partial charge in [0.1, 0.15) is 5.82 Å². The van der Waals surface area contributed by atoms with Crippen molar-refractivity contribution in [2.75, 3.05) is 23.9 Å². The summed E-state index contributed by atoms with van der Waals surface area (Å²) in [6.07, 6.45) is 2.75. The van der Waals surface area contributed by atoms with Gasteiger partial charge >= 0.3 is 0 Å². The van der Waals surface area contributed by atoms with Crippen molar-refractivity contribution >= 4 is 37.5 Å². The zero-order valence-electron chi connectivity index (χ0n) is 10.5. The van der Waals surface area contributed by atoms with Crippen LogP contribution in [0, 0.1) is 0 Å². The van der Waals surface area contributed by atoms with Gasteiger partial charge in [0, 0.05) is 22.8 Å². The Bertz CT molecular complexity index is 531. The normalized spacial score (nSPS) is 12.4. The summed E-state index contributed by atoms with van der Waals surface area (Å²) in [4.78, 5) is 4.12. The fourth-order valence-electron chi connectivity index (χ4n) is 1.45. The highest BCUT2D eigenvalue weighted by molar-refractivity contribution is 9.10. The van der Waals surface area contributed by atoms with E-state index in [9.17, 15) is 8.42 Å². The number of nitrogens with zero attached hydrogens (tertiary/aromatic N) is 1. The minimum Gasteiger partial charge on any atom is -0.396 e. The van der Waals surface area contributed by atoms with Crippen molar-refractivity contribution < 1.29 is 8.42 Å². The SMILES string of the molecule is CC(C)(CNc1ncc(Br)cc1N)NS(C)(=O)=O. The second kappa shape index (κ2) is 5.41. The Hall–Kier alpha value is -0.860. The van der Waals surface area contributed by atoms with Gasteiger partial charge in [0.25, 0.3) is 0 Å². The number of hydrogen-bond donors (Lipinski definition) is 3. The van der Waals surface area contributed by atoms with Crippen LogP contribution in [-0.2, 0) is 10.0 Å². The van der Waals surface area contributed by atoms with Crippen molar-refractivity contribution in [2.45, 2.75) is 19.4 Å². The molecule has 0 saturated carbocycles. The highest BCUT2D eigenvalue weighted by atomic mass is 79.9. The van der Waals surface area contributed by atoms with Crippen LogP contribution in [0.3, 0.4) is 0 Å². The summed E-state index contributed by atoms with van der Waals surface area (Å²) in [6.45, 7) is 3.92. The number of rotatable bonds is 5. The Kier molecular flexibility index (Phi) is 4.57. The zero-order valence-corrected chi connectivity index (χ0v) is 12.9. The number of anilines is 2. The molecule has 1 aromatic heterocycles. The molecule has 0 aliphatic rings. The Balaban J connectivity index is 2.70. The molecule has 0 unspecified atom stereocenters. The van der Waals surface area contributed by atoms with E-state index in [-0.39, 0.29) is 0 Å². The first-order valence-corrected chi connectivity index (χ1v) is 7.91. The molecule has 102 valence electrons. The third-order valence-electron chi connectivity index (χ3n) is 2.04. The van der Waals surface area contributed by atoms with E-state index in [2.05, 4.69) is 31.0 Å². The molecule has 0 spiro atoms. The molecule has 0 aromatic carbocycles. The standard InChI is InChI=1S/C10H17BrN4O2S/c1-10(2,15-18(3,16)17)6-14-9-8(12)4-7(11)5-13-9/h4-5,15H,6,12H2,1-3H3,(H,13,14). The fraction of sp³-hybridized carbons (Fsp3) is 0.500. The predicted molar refractivity (Wildman–Crippen MR) is 76.9 cm³/mol. The van der Waals surface area contributed by atoms with Gasteiger partial charge in [-0.25, -0.2) is 18.1 Å². The van der Waals surface area contributed by atoms with Crippen molar-refractivity contribution in [1.82, 2.24) is 9.71 Å². The van der Waals surface area contributed by atoms with Crippen molar-refractivity contribution in [2.24, 2.45) is 0 Å². The van der Waals surface area contributed by atoms with Gasteiger partial charge in [0.05, 0.1) is 11.9 Å². The van der Waals surface area contributed by atoms with Crippen LogP contribution in [0.1, 0.15) is 13.8 Å². The van der Waals surface area contributed by atoms with Crippen LogP contribution in [-0.4, -0.2) is 31.7 Å². The number of aromatic nitrogens is 1. The fourth-order valence-corrected chi connectivity index (χ4v) is 2.87. The number of nitrogen functional groups attached to an aromatic ring is 1. The van der Waals surface area contributed by atoms with Gasteiger partial charge in [0.15, 0.2) is 0 Å². The van der Waals surface area contributed by atoms with Crippen LogP contribution in [0.25, 0.3) is 0 Å². The molecule has 0 aliphatic heterocycles. The maximum Gasteiger partial charge on any atom is 0.209 e. The molecule has 0 bridgehead atoms. The maximum absolute atomic E-state index is 11.2.